The highest BCUT2D eigenvalue weighted by molar-refractivity contribution is 7.80. The molecular weight excluding hydrogens is 257 g/mol. The van der Waals surface area contributed by atoms with Gasteiger partial charge in [0.05, 0.1) is 0 Å². The summed E-state index contributed by atoms with van der Waals surface area (Å²) in [6.07, 6.45) is 0. The van der Waals surface area contributed by atoms with Gasteiger partial charge in [0, 0.05) is 6.04 Å². The van der Waals surface area contributed by atoms with Crippen molar-refractivity contribution in [2.75, 3.05) is 5.32 Å². The molecular formula is C7H9Cl2N5S. The minimum Gasteiger partial charge on any atom is -0.360 e. The highest BCUT2D eigenvalue weighted by Gasteiger charge is 2.05. The van der Waals surface area contributed by atoms with Crippen molar-refractivity contribution in [1.82, 2.24) is 20.3 Å². The average Bonchev–Trinajstić information content (AvgIpc) is 1.98. The quantitative estimate of drug-likeness (QED) is 0.797. The summed E-state index contributed by atoms with van der Waals surface area (Å²) < 4.78 is 0. The van der Waals surface area contributed by atoms with Gasteiger partial charge >= 0.3 is 0 Å². The Balaban J connectivity index is 2.68. The third-order valence-corrected chi connectivity index (χ3v) is 1.78. The standard InChI is InChI=1S/C7H9Cl2N5S/c1-3(2)10-7(15)14-6-12-4(8)11-5(9)13-6/h3H,1-2H3,(H2,10,11,12,13,14,15). The van der Waals surface area contributed by atoms with Crippen LogP contribution in [0.5, 0.6) is 0 Å². The third-order valence-electron chi connectivity index (χ3n) is 1.23. The Labute approximate surface area is 103 Å². The van der Waals surface area contributed by atoms with Crippen molar-refractivity contribution in [2.45, 2.75) is 19.9 Å². The molecule has 0 aromatic carbocycles. The van der Waals surface area contributed by atoms with Crippen LogP contribution in [0, 0.1) is 0 Å². The minimum absolute atomic E-state index is 0.0184. The molecule has 0 unspecified atom stereocenters. The van der Waals surface area contributed by atoms with E-state index in [1.54, 1.807) is 0 Å². The zero-order valence-electron chi connectivity index (χ0n) is 8.08. The van der Waals surface area contributed by atoms with E-state index in [0.29, 0.717) is 5.11 Å². The molecule has 5 nitrogen and oxygen atoms in total. The lowest BCUT2D eigenvalue weighted by molar-refractivity contribution is 0.738. The molecule has 0 amide bonds. The number of halogens is 2. The summed E-state index contributed by atoms with van der Waals surface area (Å²) in [6, 6.07) is 0.220. The molecule has 0 bridgehead atoms. The van der Waals surface area contributed by atoms with E-state index in [2.05, 4.69) is 25.6 Å². The van der Waals surface area contributed by atoms with Crippen LogP contribution in [0.25, 0.3) is 0 Å². The van der Waals surface area contributed by atoms with Gasteiger partial charge in [-0.05, 0) is 49.3 Å². The molecule has 0 spiro atoms. The van der Waals surface area contributed by atoms with Crippen molar-refractivity contribution in [2.24, 2.45) is 0 Å². The Kier molecular flexibility index (Phi) is 4.44. The summed E-state index contributed by atoms with van der Waals surface area (Å²) in [5, 5.41) is 6.15. The van der Waals surface area contributed by atoms with Crippen LogP contribution in [0.1, 0.15) is 13.8 Å². The Morgan fingerprint density at radius 1 is 1.20 bits per heavy atom. The molecule has 0 atom stereocenters. The Hall–Kier alpha value is -0.720. The average molecular weight is 266 g/mol. The van der Waals surface area contributed by atoms with E-state index in [0.717, 1.165) is 0 Å². The van der Waals surface area contributed by atoms with Gasteiger partial charge in [0.1, 0.15) is 0 Å². The van der Waals surface area contributed by atoms with Gasteiger partial charge < -0.3 is 10.6 Å². The van der Waals surface area contributed by atoms with Crippen molar-refractivity contribution in [1.29, 1.82) is 0 Å². The number of hydrogen-bond donors (Lipinski definition) is 2. The highest BCUT2D eigenvalue weighted by atomic mass is 35.5. The Bertz CT molecular complexity index is 350. The maximum atomic E-state index is 5.59. The largest absolute Gasteiger partial charge is 0.360 e. The smallest absolute Gasteiger partial charge is 0.234 e. The van der Waals surface area contributed by atoms with Gasteiger partial charge in [-0.1, -0.05) is 0 Å². The second-order valence-corrected chi connectivity index (χ2v) is 4.03. The van der Waals surface area contributed by atoms with E-state index in [9.17, 15) is 0 Å². The summed E-state index contributed by atoms with van der Waals surface area (Å²) in [4.78, 5) is 11.2. The third kappa shape index (κ3) is 4.55. The first-order chi connectivity index (χ1) is 6.97. The maximum Gasteiger partial charge on any atom is 0.234 e. The number of rotatable bonds is 2. The molecule has 1 aromatic heterocycles. The van der Waals surface area contributed by atoms with Crippen molar-refractivity contribution in [3.8, 4) is 0 Å². The summed E-state index contributed by atoms with van der Waals surface area (Å²) in [7, 11) is 0. The molecule has 0 radical (unpaired) electrons. The second-order valence-electron chi connectivity index (χ2n) is 2.95. The van der Waals surface area contributed by atoms with E-state index >= 15 is 0 Å². The molecule has 15 heavy (non-hydrogen) atoms. The molecule has 0 fully saturated rings. The monoisotopic (exact) mass is 265 g/mol. The first kappa shape index (κ1) is 12.4. The fraction of sp³-hybridized carbons (Fsp3) is 0.429. The number of hydrogen-bond acceptors (Lipinski definition) is 4. The van der Waals surface area contributed by atoms with Crippen molar-refractivity contribution in [3.05, 3.63) is 10.6 Å². The second kappa shape index (κ2) is 5.39. The van der Waals surface area contributed by atoms with E-state index in [1.807, 2.05) is 13.8 Å². The molecule has 1 heterocycles. The zero-order valence-corrected chi connectivity index (χ0v) is 10.4. The van der Waals surface area contributed by atoms with E-state index in [4.69, 9.17) is 35.4 Å². The summed E-state index contributed by atoms with van der Waals surface area (Å²) in [5.74, 6) is 0.221. The van der Waals surface area contributed by atoms with Gasteiger partial charge in [0.15, 0.2) is 5.11 Å². The molecule has 0 saturated carbocycles. The Morgan fingerprint density at radius 2 is 1.73 bits per heavy atom. The number of thiocarbonyl (C=S) groups is 1. The molecule has 8 heteroatoms. The summed E-state index contributed by atoms with van der Waals surface area (Å²) in [6.45, 7) is 3.92. The SMILES string of the molecule is CC(C)NC(=S)Nc1nc(Cl)nc(Cl)n1. The molecule has 1 rings (SSSR count). The van der Waals surface area contributed by atoms with Crippen LogP contribution in [0.4, 0.5) is 5.95 Å². The zero-order chi connectivity index (χ0) is 11.4. The van der Waals surface area contributed by atoms with Crippen LogP contribution in [0.3, 0.4) is 0 Å². The topological polar surface area (TPSA) is 62.7 Å². The summed E-state index contributed by atoms with van der Waals surface area (Å²) >= 11 is 16.2. The lowest BCUT2D eigenvalue weighted by atomic mass is 10.4. The van der Waals surface area contributed by atoms with Crippen molar-refractivity contribution in [3.63, 3.8) is 0 Å². The minimum atomic E-state index is 0.0184. The van der Waals surface area contributed by atoms with Gasteiger partial charge in [0.25, 0.3) is 0 Å². The molecule has 1 aromatic rings. The first-order valence-corrected chi connectivity index (χ1v) is 5.28. The lowest BCUT2D eigenvalue weighted by Gasteiger charge is -2.11. The number of nitrogens with zero attached hydrogens (tertiary/aromatic N) is 3. The predicted molar refractivity (Wildman–Crippen MR) is 64.3 cm³/mol. The Morgan fingerprint density at radius 3 is 2.20 bits per heavy atom. The van der Waals surface area contributed by atoms with E-state index in [1.165, 1.54) is 0 Å². The van der Waals surface area contributed by atoms with Crippen LogP contribution in [-0.4, -0.2) is 26.1 Å². The number of nitrogens with one attached hydrogen (secondary N) is 2. The van der Waals surface area contributed by atoms with Crippen LogP contribution in [0.2, 0.25) is 10.6 Å². The van der Waals surface area contributed by atoms with Crippen molar-refractivity contribution >= 4 is 46.5 Å². The van der Waals surface area contributed by atoms with Crippen LogP contribution >= 0.6 is 35.4 Å². The van der Waals surface area contributed by atoms with Gasteiger partial charge in [-0.2, -0.15) is 15.0 Å². The first-order valence-electron chi connectivity index (χ1n) is 4.12. The number of aromatic nitrogens is 3. The molecule has 0 aliphatic rings. The normalized spacial score (nSPS) is 10.2. The van der Waals surface area contributed by atoms with Crippen LogP contribution < -0.4 is 10.6 Å². The van der Waals surface area contributed by atoms with Gasteiger partial charge in [0.2, 0.25) is 16.5 Å². The molecule has 82 valence electrons. The van der Waals surface area contributed by atoms with Crippen LogP contribution in [-0.2, 0) is 0 Å². The predicted octanol–water partition coefficient (Wildman–Crippen LogP) is 1.87. The van der Waals surface area contributed by atoms with Crippen LogP contribution in [0.15, 0.2) is 0 Å². The molecule has 0 aliphatic heterocycles. The highest BCUT2D eigenvalue weighted by Crippen LogP contribution is 2.09. The molecule has 2 N–H and O–H groups in total. The van der Waals surface area contributed by atoms with Crippen molar-refractivity contribution < 1.29 is 0 Å². The maximum absolute atomic E-state index is 5.59. The van der Waals surface area contributed by atoms with Gasteiger partial charge in [-0.25, -0.2) is 0 Å². The summed E-state index contributed by atoms with van der Waals surface area (Å²) in [5.41, 5.74) is 0. The number of anilines is 1. The van der Waals surface area contributed by atoms with Gasteiger partial charge in [-0.15, -0.1) is 0 Å². The fourth-order valence-corrected chi connectivity index (χ4v) is 1.47. The van der Waals surface area contributed by atoms with E-state index < -0.39 is 0 Å². The fourth-order valence-electron chi connectivity index (χ4n) is 0.782. The van der Waals surface area contributed by atoms with Gasteiger partial charge in [-0.3, -0.25) is 0 Å². The van der Waals surface area contributed by atoms with E-state index in [-0.39, 0.29) is 22.6 Å². The molecule has 0 aliphatic carbocycles. The lowest BCUT2D eigenvalue weighted by Crippen LogP contribution is -2.34. The molecule has 0 saturated heterocycles.